The zero-order valence-electron chi connectivity index (χ0n) is 8.83. The van der Waals surface area contributed by atoms with Crippen molar-refractivity contribution in [2.75, 3.05) is 6.54 Å². The Bertz CT molecular complexity index is 282. The number of hydrogen-bond donors (Lipinski definition) is 1. The Morgan fingerprint density at radius 1 is 1.38 bits per heavy atom. The smallest absolute Gasteiger partial charge is 0.0869 e. The number of hydrogen-bond acceptors (Lipinski definition) is 3. The van der Waals surface area contributed by atoms with Crippen LogP contribution in [0.2, 0.25) is 0 Å². The largest absolute Gasteiger partial charge is 0.330 e. The van der Waals surface area contributed by atoms with Crippen molar-refractivity contribution in [1.82, 2.24) is 15.0 Å². The van der Waals surface area contributed by atoms with Gasteiger partial charge in [0.15, 0.2) is 0 Å². The van der Waals surface area contributed by atoms with Crippen molar-refractivity contribution in [2.24, 2.45) is 5.73 Å². The standard InChI is InChI=1S/C9H18N4/c1-7-8(5-6-10)11-12-13(7)9(2,3)4/h5-6,10H2,1-4H3. The number of nitrogens with two attached hydrogens (primary N) is 1. The molecule has 2 N–H and O–H groups in total. The Balaban J connectivity index is 2.99. The second kappa shape index (κ2) is 3.46. The number of aromatic nitrogens is 3. The van der Waals surface area contributed by atoms with Crippen LogP contribution in [0.1, 0.15) is 32.2 Å². The molecule has 0 aliphatic carbocycles. The van der Waals surface area contributed by atoms with Crippen molar-refractivity contribution in [3.05, 3.63) is 11.4 Å². The molecule has 1 aromatic heterocycles. The van der Waals surface area contributed by atoms with Crippen LogP contribution in [0, 0.1) is 6.92 Å². The molecule has 4 nitrogen and oxygen atoms in total. The van der Waals surface area contributed by atoms with E-state index in [2.05, 4.69) is 31.1 Å². The molecule has 0 saturated carbocycles. The van der Waals surface area contributed by atoms with E-state index in [0.717, 1.165) is 17.8 Å². The molecule has 0 spiro atoms. The van der Waals surface area contributed by atoms with Crippen LogP contribution in [0.5, 0.6) is 0 Å². The molecule has 0 aliphatic rings. The normalized spacial score (nSPS) is 12.1. The molecule has 0 saturated heterocycles. The maximum Gasteiger partial charge on any atom is 0.0869 e. The minimum absolute atomic E-state index is 0.00390. The first-order valence-electron chi connectivity index (χ1n) is 4.58. The molecule has 0 atom stereocenters. The van der Waals surface area contributed by atoms with Gasteiger partial charge in [-0.3, -0.25) is 0 Å². The second-order valence-corrected chi connectivity index (χ2v) is 4.24. The van der Waals surface area contributed by atoms with Gasteiger partial charge in [0, 0.05) is 6.42 Å². The van der Waals surface area contributed by atoms with Crippen molar-refractivity contribution in [2.45, 2.75) is 39.7 Å². The average molecular weight is 182 g/mol. The predicted molar refractivity (Wildman–Crippen MR) is 52.5 cm³/mol. The van der Waals surface area contributed by atoms with Crippen molar-refractivity contribution in [1.29, 1.82) is 0 Å². The summed E-state index contributed by atoms with van der Waals surface area (Å²) in [7, 11) is 0. The molecule has 0 aliphatic heterocycles. The van der Waals surface area contributed by atoms with E-state index in [4.69, 9.17) is 5.73 Å². The highest BCUT2D eigenvalue weighted by Gasteiger charge is 2.18. The third-order valence-electron chi connectivity index (χ3n) is 2.01. The molecule has 74 valence electrons. The van der Waals surface area contributed by atoms with Gasteiger partial charge in [-0.25, -0.2) is 4.68 Å². The Morgan fingerprint density at radius 2 is 2.00 bits per heavy atom. The molecule has 0 unspecified atom stereocenters. The van der Waals surface area contributed by atoms with Gasteiger partial charge in [-0.1, -0.05) is 5.21 Å². The minimum Gasteiger partial charge on any atom is -0.330 e. The molecule has 0 radical (unpaired) electrons. The van der Waals surface area contributed by atoms with Crippen LogP contribution in [-0.4, -0.2) is 21.5 Å². The lowest BCUT2D eigenvalue weighted by Gasteiger charge is -2.20. The monoisotopic (exact) mass is 182 g/mol. The molecular weight excluding hydrogens is 164 g/mol. The van der Waals surface area contributed by atoms with Gasteiger partial charge in [0.1, 0.15) is 0 Å². The Hall–Kier alpha value is -0.900. The van der Waals surface area contributed by atoms with E-state index in [1.54, 1.807) is 0 Å². The molecule has 1 heterocycles. The van der Waals surface area contributed by atoms with Crippen LogP contribution in [-0.2, 0) is 12.0 Å². The van der Waals surface area contributed by atoms with E-state index in [9.17, 15) is 0 Å². The molecule has 0 amide bonds. The van der Waals surface area contributed by atoms with Crippen molar-refractivity contribution in [3.63, 3.8) is 0 Å². The van der Waals surface area contributed by atoms with Gasteiger partial charge in [-0.05, 0) is 34.2 Å². The lowest BCUT2D eigenvalue weighted by molar-refractivity contribution is 0.339. The van der Waals surface area contributed by atoms with Crippen molar-refractivity contribution in [3.8, 4) is 0 Å². The van der Waals surface area contributed by atoms with Crippen LogP contribution in [0.25, 0.3) is 0 Å². The summed E-state index contributed by atoms with van der Waals surface area (Å²) in [5.74, 6) is 0. The zero-order chi connectivity index (χ0) is 10.1. The van der Waals surface area contributed by atoms with Crippen LogP contribution >= 0.6 is 0 Å². The van der Waals surface area contributed by atoms with Gasteiger partial charge < -0.3 is 5.73 Å². The average Bonchev–Trinajstić information content (AvgIpc) is 2.32. The summed E-state index contributed by atoms with van der Waals surface area (Å²) in [6.45, 7) is 9.00. The van der Waals surface area contributed by atoms with Gasteiger partial charge in [0.25, 0.3) is 0 Å². The summed E-state index contributed by atoms with van der Waals surface area (Å²) >= 11 is 0. The fourth-order valence-corrected chi connectivity index (χ4v) is 1.37. The van der Waals surface area contributed by atoms with Gasteiger partial charge >= 0.3 is 0 Å². The first kappa shape index (κ1) is 10.2. The summed E-state index contributed by atoms with van der Waals surface area (Å²) in [5.41, 5.74) is 7.61. The minimum atomic E-state index is 0.00390. The Morgan fingerprint density at radius 3 is 2.38 bits per heavy atom. The molecule has 0 aromatic carbocycles. The summed E-state index contributed by atoms with van der Waals surface area (Å²) in [4.78, 5) is 0. The molecule has 13 heavy (non-hydrogen) atoms. The maximum atomic E-state index is 5.47. The predicted octanol–water partition coefficient (Wildman–Crippen LogP) is 0.843. The Labute approximate surface area is 79.1 Å². The number of nitrogens with zero attached hydrogens (tertiary/aromatic N) is 3. The zero-order valence-corrected chi connectivity index (χ0v) is 8.83. The molecule has 0 fully saturated rings. The first-order chi connectivity index (χ1) is 5.96. The van der Waals surface area contributed by atoms with E-state index >= 15 is 0 Å². The van der Waals surface area contributed by atoms with Crippen LogP contribution < -0.4 is 5.73 Å². The molecule has 4 heteroatoms. The highest BCUT2D eigenvalue weighted by molar-refractivity contribution is 5.09. The van der Waals surface area contributed by atoms with Crippen molar-refractivity contribution >= 4 is 0 Å². The summed E-state index contributed by atoms with van der Waals surface area (Å²) in [5, 5.41) is 8.22. The number of rotatable bonds is 2. The van der Waals surface area contributed by atoms with E-state index in [-0.39, 0.29) is 5.54 Å². The summed E-state index contributed by atoms with van der Waals surface area (Å²) in [6.07, 6.45) is 0.807. The molecule has 0 bridgehead atoms. The fraction of sp³-hybridized carbons (Fsp3) is 0.778. The molecule has 1 aromatic rings. The van der Waals surface area contributed by atoms with Gasteiger partial charge in [-0.2, -0.15) is 0 Å². The fourth-order valence-electron chi connectivity index (χ4n) is 1.37. The third-order valence-corrected chi connectivity index (χ3v) is 2.01. The molecular formula is C9H18N4. The van der Waals surface area contributed by atoms with Crippen LogP contribution in [0.3, 0.4) is 0 Å². The maximum absolute atomic E-state index is 5.47. The van der Waals surface area contributed by atoms with Gasteiger partial charge in [0.2, 0.25) is 0 Å². The van der Waals surface area contributed by atoms with E-state index < -0.39 is 0 Å². The molecule has 1 rings (SSSR count). The van der Waals surface area contributed by atoms with Gasteiger partial charge in [-0.15, -0.1) is 5.10 Å². The van der Waals surface area contributed by atoms with Crippen molar-refractivity contribution < 1.29 is 0 Å². The van der Waals surface area contributed by atoms with Crippen LogP contribution in [0.4, 0.5) is 0 Å². The quantitative estimate of drug-likeness (QED) is 0.737. The highest BCUT2D eigenvalue weighted by atomic mass is 15.5. The highest BCUT2D eigenvalue weighted by Crippen LogP contribution is 2.16. The Kier molecular flexibility index (Phi) is 2.71. The van der Waals surface area contributed by atoms with Crippen LogP contribution in [0.15, 0.2) is 0 Å². The van der Waals surface area contributed by atoms with E-state index in [0.29, 0.717) is 6.54 Å². The first-order valence-corrected chi connectivity index (χ1v) is 4.58. The third kappa shape index (κ3) is 2.06. The summed E-state index contributed by atoms with van der Waals surface area (Å²) < 4.78 is 1.94. The van der Waals surface area contributed by atoms with Gasteiger partial charge in [0.05, 0.1) is 16.9 Å². The topological polar surface area (TPSA) is 56.7 Å². The SMILES string of the molecule is Cc1c(CCN)nnn1C(C)(C)C. The van der Waals surface area contributed by atoms with E-state index in [1.807, 2.05) is 11.6 Å². The van der Waals surface area contributed by atoms with E-state index in [1.165, 1.54) is 0 Å². The lowest BCUT2D eigenvalue weighted by atomic mass is 10.1. The lowest BCUT2D eigenvalue weighted by Crippen LogP contribution is -2.24. The summed E-state index contributed by atoms with van der Waals surface area (Å²) in [6, 6.07) is 0. The second-order valence-electron chi connectivity index (χ2n) is 4.24.